The number of hydrogen-bond donors (Lipinski definition) is 0. The van der Waals surface area contributed by atoms with Crippen LogP contribution in [0.3, 0.4) is 0 Å². The predicted molar refractivity (Wildman–Crippen MR) is 64.9 cm³/mol. The second-order valence-electron chi connectivity index (χ2n) is 4.33. The fraction of sp³-hybridized carbons (Fsp3) is 0.750. The molecule has 1 rings (SSSR count). The van der Waals surface area contributed by atoms with E-state index < -0.39 is 6.10 Å². The number of Topliss-reactive ketones (excluding diaryl/α,β-unsaturated/α-hetero) is 1. The normalized spacial score (nSPS) is 13.0. The average Bonchev–Trinajstić information content (AvgIpc) is 2.73. The van der Waals surface area contributed by atoms with Gasteiger partial charge in [0.15, 0.2) is 0 Å². The Morgan fingerprint density at radius 1 is 1.47 bits per heavy atom. The molecule has 0 aliphatic carbocycles. The van der Waals surface area contributed by atoms with Crippen LogP contribution in [0.1, 0.15) is 44.6 Å². The van der Waals surface area contributed by atoms with E-state index in [4.69, 9.17) is 4.74 Å². The first-order valence-electron chi connectivity index (χ1n) is 6.16. The highest BCUT2D eigenvalue weighted by atomic mass is 16.5. The number of carbonyl (C=O) groups excluding carboxylic acids is 1. The maximum atomic E-state index is 12.3. The fourth-order valence-corrected chi connectivity index (χ4v) is 1.72. The Labute approximate surface area is 102 Å². The highest BCUT2D eigenvalue weighted by Crippen LogP contribution is 2.13. The molecule has 17 heavy (non-hydrogen) atoms. The summed E-state index contributed by atoms with van der Waals surface area (Å²) < 4.78 is 7.15. The summed E-state index contributed by atoms with van der Waals surface area (Å²) in [5.74, 6) is 0.118. The second-order valence-corrected chi connectivity index (χ2v) is 4.33. The molecule has 1 aromatic heterocycles. The summed E-state index contributed by atoms with van der Waals surface area (Å²) in [6, 6.07) is 0. The summed E-state index contributed by atoms with van der Waals surface area (Å²) in [6.07, 6.45) is 2.03. The first-order valence-corrected chi connectivity index (χ1v) is 6.16. The van der Waals surface area contributed by atoms with Gasteiger partial charge in [0.05, 0.1) is 6.20 Å². The number of rotatable bonds is 7. The van der Waals surface area contributed by atoms with E-state index in [1.165, 1.54) is 6.20 Å². The van der Waals surface area contributed by atoms with Crippen molar-refractivity contribution in [1.82, 2.24) is 15.0 Å². The molecule has 1 aromatic rings. The van der Waals surface area contributed by atoms with Crippen LogP contribution in [0, 0.1) is 5.92 Å². The van der Waals surface area contributed by atoms with E-state index in [1.54, 1.807) is 4.68 Å². The Morgan fingerprint density at radius 3 is 2.71 bits per heavy atom. The van der Waals surface area contributed by atoms with Gasteiger partial charge in [0.1, 0.15) is 11.8 Å². The lowest BCUT2D eigenvalue weighted by molar-refractivity contribution is 0.0271. The third-order valence-electron chi connectivity index (χ3n) is 2.52. The average molecular weight is 239 g/mol. The topological polar surface area (TPSA) is 57.0 Å². The number of ketones is 1. The lowest BCUT2D eigenvalue weighted by Crippen LogP contribution is -2.31. The zero-order valence-corrected chi connectivity index (χ0v) is 11.0. The fourth-order valence-electron chi connectivity index (χ4n) is 1.72. The van der Waals surface area contributed by atoms with Gasteiger partial charge in [-0.3, -0.25) is 4.79 Å². The zero-order chi connectivity index (χ0) is 12.8. The molecule has 0 saturated heterocycles. The number of hydrogen-bond acceptors (Lipinski definition) is 4. The van der Waals surface area contributed by atoms with E-state index in [-0.39, 0.29) is 11.7 Å². The summed E-state index contributed by atoms with van der Waals surface area (Å²) >= 11 is 0. The molecule has 1 heterocycles. The number of nitrogens with zero attached hydrogens (tertiary/aromatic N) is 3. The Hall–Kier alpha value is -1.23. The molecule has 0 aromatic carbocycles. The van der Waals surface area contributed by atoms with Crippen LogP contribution >= 0.6 is 0 Å². The van der Waals surface area contributed by atoms with Gasteiger partial charge < -0.3 is 4.74 Å². The Bertz CT molecular complexity index is 360. The second kappa shape index (κ2) is 6.49. The molecule has 0 bridgehead atoms. The molecular formula is C12H21N3O2. The third-order valence-corrected chi connectivity index (χ3v) is 2.52. The van der Waals surface area contributed by atoms with Gasteiger partial charge in [-0.05, 0) is 19.3 Å². The Kier molecular flexibility index (Phi) is 5.28. The molecule has 5 nitrogen and oxygen atoms in total. The van der Waals surface area contributed by atoms with E-state index in [0.29, 0.717) is 18.8 Å². The summed E-state index contributed by atoms with van der Waals surface area (Å²) in [4.78, 5) is 12.3. The van der Waals surface area contributed by atoms with Crippen molar-refractivity contribution in [1.29, 1.82) is 0 Å². The number of carbonyl (C=O) groups is 1. The van der Waals surface area contributed by atoms with E-state index >= 15 is 0 Å². The molecule has 0 radical (unpaired) electrons. The molecule has 0 spiro atoms. The molecule has 0 amide bonds. The van der Waals surface area contributed by atoms with Crippen LogP contribution < -0.4 is 0 Å². The zero-order valence-electron chi connectivity index (χ0n) is 11.0. The number of ether oxygens (including phenoxy) is 1. The molecule has 5 heteroatoms. The van der Waals surface area contributed by atoms with Gasteiger partial charge in [0.2, 0.25) is 5.78 Å². The minimum absolute atomic E-state index is 0.0275. The molecule has 0 aliphatic heterocycles. The van der Waals surface area contributed by atoms with Crippen molar-refractivity contribution in [2.45, 2.75) is 46.8 Å². The van der Waals surface area contributed by atoms with Crippen molar-refractivity contribution in [2.24, 2.45) is 5.92 Å². The molecule has 1 unspecified atom stereocenters. The summed E-state index contributed by atoms with van der Waals surface area (Å²) in [6.45, 7) is 9.13. The predicted octanol–water partition coefficient (Wildman–Crippen LogP) is 1.93. The maximum Gasteiger partial charge on any atom is 0.211 e. The smallest absolute Gasteiger partial charge is 0.211 e. The van der Waals surface area contributed by atoms with Crippen LogP contribution in [-0.4, -0.2) is 33.5 Å². The van der Waals surface area contributed by atoms with Crippen LogP contribution in [0.4, 0.5) is 0 Å². The highest BCUT2D eigenvalue weighted by molar-refractivity contribution is 5.97. The SMILES string of the molecule is CCCn1nncc1C(=O)C(OCC)C(C)C. The largest absolute Gasteiger partial charge is 0.370 e. The molecule has 0 N–H and O–H groups in total. The Morgan fingerprint density at radius 2 is 2.18 bits per heavy atom. The van der Waals surface area contributed by atoms with Crippen molar-refractivity contribution in [3.8, 4) is 0 Å². The van der Waals surface area contributed by atoms with Crippen molar-refractivity contribution in [3.05, 3.63) is 11.9 Å². The third kappa shape index (κ3) is 3.36. The minimum atomic E-state index is -0.408. The van der Waals surface area contributed by atoms with Crippen molar-refractivity contribution < 1.29 is 9.53 Å². The first-order chi connectivity index (χ1) is 8.11. The van der Waals surface area contributed by atoms with Gasteiger partial charge >= 0.3 is 0 Å². The van der Waals surface area contributed by atoms with Crippen LogP contribution in [0.2, 0.25) is 0 Å². The number of aryl methyl sites for hydroxylation is 1. The molecule has 0 saturated carbocycles. The van der Waals surface area contributed by atoms with Gasteiger partial charge in [0.25, 0.3) is 0 Å². The minimum Gasteiger partial charge on any atom is -0.370 e. The van der Waals surface area contributed by atoms with Crippen molar-refractivity contribution >= 4 is 5.78 Å². The van der Waals surface area contributed by atoms with Gasteiger partial charge in [-0.15, -0.1) is 5.10 Å². The van der Waals surface area contributed by atoms with Crippen LogP contribution in [0.15, 0.2) is 6.20 Å². The van der Waals surface area contributed by atoms with E-state index in [9.17, 15) is 4.79 Å². The van der Waals surface area contributed by atoms with Gasteiger partial charge in [0, 0.05) is 13.2 Å². The first kappa shape index (κ1) is 13.8. The molecule has 0 fully saturated rings. The van der Waals surface area contributed by atoms with Crippen LogP contribution in [-0.2, 0) is 11.3 Å². The molecule has 1 atom stereocenters. The quantitative estimate of drug-likeness (QED) is 0.682. The lowest BCUT2D eigenvalue weighted by Gasteiger charge is -2.19. The van der Waals surface area contributed by atoms with Crippen LogP contribution in [0.25, 0.3) is 0 Å². The lowest BCUT2D eigenvalue weighted by atomic mass is 10.0. The van der Waals surface area contributed by atoms with E-state index in [0.717, 1.165) is 6.42 Å². The van der Waals surface area contributed by atoms with Gasteiger partial charge in [-0.2, -0.15) is 0 Å². The highest BCUT2D eigenvalue weighted by Gasteiger charge is 2.26. The van der Waals surface area contributed by atoms with Gasteiger partial charge in [-0.1, -0.05) is 26.0 Å². The molecule has 96 valence electrons. The number of aromatic nitrogens is 3. The van der Waals surface area contributed by atoms with E-state index in [1.807, 2.05) is 27.7 Å². The molecular weight excluding hydrogens is 218 g/mol. The maximum absolute atomic E-state index is 12.3. The summed E-state index contributed by atoms with van der Waals surface area (Å²) in [5.41, 5.74) is 0.541. The van der Waals surface area contributed by atoms with Crippen molar-refractivity contribution in [3.63, 3.8) is 0 Å². The summed E-state index contributed by atoms with van der Waals surface area (Å²) in [5, 5.41) is 7.72. The molecule has 0 aliphatic rings. The Balaban J connectivity index is 2.88. The monoisotopic (exact) mass is 239 g/mol. The van der Waals surface area contributed by atoms with Crippen molar-refractivity contribution in [2.75, 3.05) is 6.61 Å². The van der Waals surface area contributed by atoms with Gasteiger partial charge in [-0.25, -0.2) is 4.68 Å². The van der Waals surface area contributed by atoms with Crippen LogP contribution in [0.5, 0.6) is 0 Å². The van der Waals surface area contributed by atoms with E-state index in [2.05, 4.69) is 10.3 Å². The summed E-state index contributed by atoms with van der Waals surface area (Å²) in [7, 11) is 0. The standard InChI is InChI=1S/C12H21N3O2/c1-5-7-15-10(8-13-14-15)11(16)12(9(3)4)17-6-2/h8-9,12H,5-7H2,1-4H3.